The van der Waals surface area contributed by atoms with Gasteiger partial charge in [-0.2, -0.15) is 0 Å². The van der Waals surface area contributed by atoms with Crippen LogP contribution in [0.25, 0.3) is 11.1 Å². The first-order valence-corrected chi connectivity index (χ1v) is 8.92. The van der Waals surface area contributed by atoms with Crippen molar-refractivity contribution in [3.63, 3.8) is 0 Å². The smallest absolute Gasteiger partial charge is 0.255 e. The van der Waals surface area contributed by atoms with Crippen LogP contribution in [0.5, 0.6) is 0 Å². The number of hydrogen-bond acceptors (Lipinski definition) is 3. The van der Waals surface area contributed by atoms with Crippen molar-refractivity contribution >= 4 is 17.6 Å². The van der Waals surface area contributed by atoms with Gasteiger partial charge in [0.05, 0.1) is 6.54 Å². The molecule has 2 aromatic carbocycles. The third-order valence-corrected chi connectivity index (χ3v) is 4.69. The van der Waals surface area contributed by atoms with Crippen molar-refractivity contribution in [2.75, 3.05) is 5.73 Å². The Morgan fingerprint density at radius 3 is 2.46 bits per heavy atom. The minimum Gasteiger partial charge on any atom is -0.399 e. The third kappa shape index (κ3) is 3.57. The van der Waals surface area contributed by atoms with E-state index in [0.717, 1.165) is 22.4 Å². The maximum absolute atomic E-state index is 12.9. The molecular weight excluding hydrogens is 324 g/mol. The highest BCUT2D eigenvalue weighted by Crippen LogP contribution is 2.27. The van der Waals surface area contributed by atoms with E-state index in [1.807, 2.05) is 55.5 Å². The summed E-state index contributed by atoms with van der Waals surface area (Å²) in [5.41, 5.74) is 8.98. The summed E-state index contributed by atoms with van der Waals surface area (Å²) in [6.45, 7) is 6.44. The van der Waals surface area contributed by atoms with E-state index >= 15 is 0 Å². The number of anilines is 1. The van der Waals surface area contributed by atoms with Gasteiger partial charge in [0.25, 0.3) is 5.91 Å². The molecule has 26 heavy (non-hydrogen) atoms. The quantitative estimate of drug-likeness (QED) is 0.721. The van der Waals surface area contributed by atoms with Gasteiger partial charge in [0.1, 0.15) is 5.54 Å². The first-order valence-electron chi connectivity index (χ1n) is 8.92. The third-order valence-electron chi connectivity index (χ3n) is 4.69. The second-order valence-electron chi connectivity index (χ2n) is 7.62. The van der Waals surface area contributed by atoms with Gasteiger partial charge in [0.2, 0.25) is 0 Å². The minimum absolute atomic E-state index is 0.0365. The van der Waals surface area contributed by atoms with Crippen molar-refractivity contribution in [1.82, 2.24) is 10.2 Å². The highest BCUT2D eigenvalue weighted by atomic mass is 16.2. The van der Waals surface area contributed by atoms with Crippen molar-refractivity contribution in [3.8, 4) is 11.1 Å². The maximum Gasteiger partial charge on any atom is 0.255 e. The molecule has 2 aromatic rings. The molecule has 0 radical (unpaired) electrons. The molecular formula is C21H26N4O. The zero-order valence-electron chi connectivity index (χ0n) is 15.5. The molecule has 0 spiro atoms. The second kappa shape index (κ2) is 6.83. The average molecular weight is 350 g/mol. The summed E-state index contributed by atoms with van der Waals surface area (Å²) in [6, 6.07) is 15.8. The number of nitrogens with zero attached hydrogens (tertiary/aromatic N) is 1. The first kappa shape index (κ1) is 18.0. The van der Waals surface area contributed by atoms with Crippen LogP contribution in [0.2, 0.25) is 0 Å². The summed E-state index contributed by atoms with van der Waals surface area (Å²) >= 11 is 0. The fourth-order valence-corrected chi connectivity index (χ4v) is 3.64. The molecule has 0 bridgehead atoms. The van der Waals surface area contributed by atoms with Gasteiger partial charge in [-0.15, -0.1) is 0 Å². The lowest BCUT2D eigenvalue weighted by atomic mass is 9.91. The number of benzene rings is 2. The summed E-state index contributed by atoms with van der Waals surface area (Å²) in [6.07, 6.45) is 0.702. The Kier molecular flexibility index (Phi) is 4.72. The lowest BCUT2D eigenvalue weighted by Crippen LogP contribution is -2.44. The number of nitrogens with two attached hydrogens (primary N) is 1. The highest BCUT2D eigenvalue weighted by Gasteiger charge is 2.45. The predicted molar refractivity (Wildman–Crippen MR) is 106 cm³/mol. The molecule has 3 rings (SSSR count). The van der Waals surface area contributed by atoms with Gasteiger partial charge in [0, 0.05) is 5.69 Å². The van der Waals surface area contributed by atoms with E-state index in [1.54, 1.807) is 0 Å². The molecule has 0 aliphatic carbocycles. The SMILES string of the molecule is CC(C)CC1(C)NC(=N)N(Cc2cccc(-c3cccc(N)c3)c2)C1=O. The molecule has 0 aromatic heterocycles. The van der Waals surface area contributed by atoms with Gasteiger partial charge in [-0.1, -0.05) is 44.2 Å². The van der Waals surface area contributed by atoms with Crippen LogP contribution in [0.1, 0.15) is 32.8 Å². The van der Waals surface area contributed by atoms with Gasteiger partial charge < -0.3 is 11.1 Å². The van der Waals surface area contributed by atoms with Crippen LogP contribution in [-0.4, -0.2) is 22.3 Å². The molecule has 1 atom stereocenters. The Hall–Kier alpha value is -2.82. The fourth-order valence-electron chi connectivity index (χ4n) is 3.64. The van der Waals surface area contributed by atoms with Crippen LogP contribution in [0.15, 0.2) is 48.5 Å². The molecule has 1 heterocycles. The van der Waals surface area contributed by atoms with Crippen molar-refractivity contribution in [1.29, 1.82) is 5.41 Å². The number of carbonyl (C=O) groups is 1. The van der Waals surface area contributed by atoms with E-state index in [1.165, 1.54) is 4.90 Å². The van der Waals surface area contributed by atoms with Crippen LogP contribution in [0, 0.1) is 11.3 Å². The zero-order chi connectivity index (χ0) is 18.9. The highest BCUT2D eigenvalue weighted by molar-refractivity contribution is 6.07. The standard InChI is InChI=1S/C21H26N4O/c1-14(2)12-21(3)19(26)25(20(23)24-21)13-15-6-4-7-16(10-15)17-8-5-9-18(22)11-17/h4-11,14H,12-13,22H2,1-3H3,(H2,23,24). The summed E-state index contributed by atoms with van der Waals surface area (Å²) < 4.78 is 0. The molecule has 136 valence electrons. The van der Waals surface area contributed by atoms with Crippen LogP contribution < -0.4 is 11.1 Å². The monoisotopic (exact) mass is 350 g/mol. The number of hydrogen-bond donors (Lipinski definition) is 3. The molecule has 1 saturated heterocycles. The molecule has 0 saturated carbocycles. The van der Waals surface area contributed by atoms with Gasteiger partial charge in [-0.3, -0.25) is 15.1 Å². The van der Waals surface area contributed by atoms with Gasteiger partial charge in [-0.05, 0) is 54.2 Å². The number of carbonyl (C=O) groups excluding carboxylic acids is 1. The predicted octanol–water partition coefficient (Wildman–Crippen LogP) is 3.61. The van der Waals surface area contributed by atoms with Crippen molar-refractivity contribution < 1.29 is 4.79 Å². The molecule has 4 N–H and O–H groups in total. The Labute approximate surface area is 154 Å². The Morgan fingerprint density at radius 1 is 1.15 bits per heavy atom. The Bertz CT molecular complexity index is 845. The normalized spacial score (nSPS) is 19.9. The molecule has 1 aliphatic rings. The van der Waals surface area contributed by atoms with E-state index in [0.29, 0.717) is 18.9 Å². The molecule has 5 nitrogen and oxygen atoms in total. The molecule has 1 aliphatic heterocycles. The average Bonchev–Trinajstić information content (AvgIpc) is 2.77. The van der Waals surface area contributed by atoms with E-state index in [2.05, 4.69) is 19.2 Å². The number of nitrogens with one attached hydrogen (secondary N) is 2. The van der Waals surface area contributed by atoms with Gasteiger partial charge in [0.15, 0.2) is 5.96 Å². The van der Waals surface area contributed by atoms with Crippen LogP contribution >= 0.6 is 0 Å². The first-order chi connectivity index (χ1) is 12.3. The van der Waals surface area contributed by atoms with Crippen molar-refractivity contribution in [2.45, 2.75) is 39.3 Å². The number of amides is 1. The largest absolute Gasteiger partial charge is 0.399 e. The number of guanidine groups is 1. The Morgan fingerprint density at radius 2 is 1.81 bits per heavy atom. The molecule has 1 fully saturated rings. The molecule has 5 heteroatoms. The van der Waals surface area contributed by atoms with Gasteiger partial charge in [-0.25, -0.2) is 0 Å². The van der Waals surface area contributed by atoms with Crippen LogP contribution in [-0.2, 0) is 11.3 Å². The zero-order valence-corrected chi connectivity index (χ0v) is 15.5. The minimum atomic E-state index is -0.698. The lowest BCUT2D eigenvalue weighted by molar-refractivity contribution is -0.131. The van der Waals surface area contributed by atoms with Crippen molar-refractivity contribution in [2.24, 2.45) is 5.92 Å². The van der Waals surface area contributed by atoms with Crippen LogP contribution in [0.4, 0.5) is 5.69 Å². The van der Waals surface area contributed by atoms with Crippen molar-refractivity contribution in [3.05, 3.63) is 54.1 Å². The number of rotatable bonds is 5. The summed E-state index contributed by atoms with van der Waals surface area (Å²) in [7, 11) is 0. The summed E-state index contributed by atoms with van der Waals surface area (Å²) in [5.74, 6) is 0.508. The summed E-state index contributed by atoms with van der Waals surface area (Å²) in [4.78, 5) is 14.4. The van der Waals surface area contributed by atoms with Gasteiger partial charge >= 0.3 is 0 Å². The Balaban J connectivity index is 1.82. The molecule has 1 unspecified atom stereocenters. The van der Waals surface area contributed by atoms with E-state index in [9.17, 15) is 4.79 Å². The van der Waals surface area contributed by atoms with E-state index in [-0.39, 0.29) is 11.9 Å². The van der Waals surface area contributed by atoms with Crippen LogP contribution in [0.3, 0.4) is 0 Å². The lowest BCUT2D eigenvalue weighted by Gasteiger charge is -2.24. The summed E-state index contributed by atoms with van der Waals surface area (Å²) in [5, 5.41) is 11.3. The maximum atomic E-state index is 12.9. The topological polar surface area (TPSA) is 82.2 Å². The van der Waals surface area contributed by atoms with E-state index < -0.39 is 5.54 Å². The molecule has 1 amide bonds. The fraction of sp³-hybridized carbons (Fsp3) is 0.333. The second-order valence-corrected chi connectivity index (χ2v) is 7.62. The number of nitrogen functional groups attached to an aromatic ring is 1. The van der Waals surface area contributed by atoms with E-state index in [4.69, 9.17) is 11.1 Å².